The number of ether oxygens (including phenoxy) is 3. The van der Waals surface area contributed by atoms with Crippen LogP contribution in [0.2, 0.25) is 0 Å². The zero-order valence-electron chi connectivity index (χ0n) is 15.2. The molecule has 0 radical (unpaired) electrons. The highest BCUT2D eigenvalue weighted by Crippen LogP contribution is 2.36. The van der Waals surface area contributed by atoms with E-state index in [0.717, 1.165) is 22.2 Å². The molecule has 1 aromatic heterocycles. The van der Waals surface area contributed by atoms with Gasteiger partial charge >= 0.3 is 6.01 Å². The van der Waals surface area contributed by atoms with Crippen molar-refractivity contribution in [2.75, 3.05) is 21.3 Å². The van der Waals surface area contributed by atoms with Crippen LogP contribution in [0.5, 0.6) is 17.5 Å². The summed E-state index contributed by atoms with van der Waals surface area (Å²) in [5.74, 6) is 1.75. The molecule has 3 aromatic rings. The Labute approximate surface area is 147 Å². The molecule has 5 nitrogen and oxygen atoms in total. The summed E-state index contributed by atoms with van der Waals surface area (Å²) in [5, 5.41) is 0.885. The summed E-state index contributed by atoms with van der Waals surface area (Å²) in [6, 6.07) is 12.5. The van der Waals surface area contributed by atoms with Crippen molar-refractivity contribution in [3.05, 3.63) is 42.0 Å². The van der Waals surface area contributed by atoms with E-state index in [0.29, 0.717) is 23.4 Å². The van der Waals surface area contributed by atoms with Gasteiger partial charge in [0.25, 0.3) is 0 Å². The monoisotopic (exact) mass is 338 g/mol. The Balaban J connectivity index is 2.24. The lowest BCUT2D eigenvalue weighted by Crippen LogP contribution is -1.98. The minimum Gasteiger partial charge on any atom is -0.493 e. The Bertz CT molecular complexity index is 890. The van der Waals surface area contributed by atoms with E-state index >= 15 is 0 Å². The quantitative estimate of drug-likeness (QED) is 0.688. The molecule has 25 heavy (non-hydrogen) atoms. The Hall–Kier alpha value is -2.82. The maximum Gasteiger partial charge on any atom is 0.317 e. The maximum atomic E-state index is 5.43. The van der Waals surface area contributed by atoms with E-state index in [2.05, 4.69) is 48.1 Å². The van der Waals surface area contributed by atoms with Crippen LogP contribution in [0.4, 0.5) is 0 Å². The molecule has 0 fully saturated rings. The molecule has 2 aromatic carbocycles. The van der Waals surface area contributed by atoms with Crippen molar-refractivity contribution in [1.29, 1.82) is 0 Å². The first-order valence-corrected chi connectivity index (χ1v) is 8.15. The highest BCUT2D eigenvalue weighted by atomic mass is 16.5. The Morgan fingerprint density at radius 1 is 0.800 bits per heavy atom. The smallest absolute Gasteiger partial charge is 0.317 e. The molecule has 0 spiro atoms. The topological polar surface area (TPSA) is 53.5 Å². The standard InChI is InChI=1S/C20H22N2O3/c1-12(2)13-6-8-14(9-7-13)19-15-10-17(23-3)18(24-4)11-16(15)21-20(22-19)25-5/h6-12H,1-5H3. The fourth-order valence-electron chi connectivity index (χ4n) is 2.77. The molecule has 0 saturated heterocycles. The van der Waals surface area contributed by atoms with Crippen LogP contribution in [0, 0.1) is 0 Å². The van der Waals surface area contributed by atoms with Crippen LogP contribution in [0.25, 0.3) is 22.2 Å². The molecule has 0 atom stereocenters. The molecular formula is C20H22N2O3. The molecule has 1 heterocycles. The highest BCUT2D eigenvalue weighted by molar-refractivity contribution is 5.94. The highest BCUT2D eigenvalue weighted by Gasteiger charge is 2.15. The number of aromatic nitrogens is 2. The van der Waals surface area contributed by atoms with Gasteiger partial charge in [-0.3, -0.25) is 0 Å². The summed E-state index contributed by atoms with van der Waals surface area (Å²) in [7, 11) is 4.78. The average Bonchev–Trinajstić information content (AvgIpc) is 2.65. The number of benzene rings is 2. The van der Waals surface area contributed by atoms with Gasteiger partial charge in [0.15, 0.2) is 11.5 Å². The van der Waals surface area contributed by atoms with Gasteiger partial charge in [0, 0.05) is 17.0 Å². The van der Waals surface area contributed by atoms with E-state index in [4.69, 9.17) is 14.2 Å². The van der Waals surface area contributed by atoms with Crippen LogP contribution in [0.1, 0.15) is 25.3 Å². The normalized spacial score (nSPS) is 11.0. The van der Waals surface area contributed by atoms with Crippen molar-refractivity contribution in [2.45, 2.75) is 19.8 Å². The largest absolute Gasteiger partial charge is 0.493 e. The summed E-state index contributed by atoms with van der Waals surface area (Å²) in [4.78, 5) is 9.01. The van der Waals surface area contributed by atoms with Crippen molar-refractivity contribution < 1.29 is 14.2 Å². The minimum absolute atomic E-state index is 0.322. The average molecular weight is 338 g/mol. The van der Waals surface area contributed by atoms with Crippen molar-refractivity contribution in [2.24, 2.45) is 0 Å². The second-order valence-electron chi connectivity index (χ2n) is 6.06. The summed E-state index contributed by atoms with van der Waals surface area (Å²) < 4.78 is 16.1. The second kappa shape index (κ2) is 6.97. The molecule has 3 rings (SSSR count). The Morgan fingerprint density at radius 3 is 2.00 bits per heavy atom. The molecule has 130 valence electrons. The number of fused-ring (bicyclic) bond motifs is 1. The molecular weight excluding hydrogens is 316 g/mol. The molecule has 0 amide bonds. The van der Waals surface area contributed by atoms with Gasteiger partial charge in [0.2, 0.25) is 0 Å². The summed E-state index contributed by atoms with van der Waals surface area (Å²) in [6.45, 7) is 4.35. The van der Waals surface area contributed by atoms with Gasteiger partial charge in [-0.2, -0.15) is 9.97 Å². The first kappa shape index (κ1) is 17.0. The fraction of sp³-hybridized carbons (Fsp3) is 0.300. The molecule has 0 unspecified atom stereocenters. The van der Waals surface area contributed by atoms with Gasteiger partial charge in [-0.1, -0.05) is 38.1 Å². The molecule has 0 N–H and O–H groups in total. The van der Waals surface area contributed by atoms with E-state index in [1.807, 2.05) is 12.1 Å². The molecule has 0 saturated carbocycles. The van der Waals surface area contributed by atoms with Gasteiger partial charge in [-0.25, -0.2) is 0 Å². The number of rotatable bonds is 5. The number of methoxy groups -OCH3 is 3. The number of hydrogen-bond donors (Lipinski definition) is 0. The van der Waals surface area contributed by atoms with Crippen LogP contribution in [0.15, 0.2) is 36.4 Å². The van der Waals surface area contributed by atoms with Gasteiger partial charge in [-0.15, -0.1) is 0 Å². The zero-order valence-corrected chi connectivity index (χ0v) is 15.2. The molecule has 0 aliphatic carbocycles. The maximum absolute atomic E-state index is 5.43. The lowest BCUT2D eigenvalue weighted by Gasteiger charge is -2.13. The SMILES string of the molecule is COc1nc(-c2ccc(C(C)C)cc2)c2cc(OC)c(OC)cc2n1. The van der Waals surface area contributed by atoms with Gasteiger partial charge in [0.05, 0.1) is 32.5 Å². The lowest BCUT2D eigenvalue weighted by atomic mass is 9.99. The van der Waals surface area contributed by atoms with Crippen molar-refractivity contribution in [3.63, 3.8) is 0 Å². The van der Waals surface area contributed by atoms with Crippen molar-refractivity contribution in [3.8, 4) is 28.8 Å². The predicted molar refractivity (Wildman–Crippen MR) is 98.7 cm³/mol. The van der Waals surface area contributed by atoms with Crippen LogP contribution in [-0.4, -0.2) is 31.3 Å². The van der Waals surface area contributed by atoms with E-state index < -0.39 is 0 Å². The van der Waals surface area contributed by atoms with Crippen LogP contribution < -0.4 is 14.2 Å². The van der Waals surface area contributed by atoms with Crippen LogP contribution >= 0.6 is 0 Å². The summed E-state index contributed by atoms with van der Waals surface area (Å²) in [6.07, 6.45) is 0. The third-order valence-corrected chi connectivity index (χ3v) is 4.21. The third-order valence-electron chi connectivity index (χ3n) is 4.21. The lowest BCUT2D eigenvalue weighted by molar-refractivity contribution is 0.355. The van der Waals surface area contributed by atoms with E-state index in [1.54, 1.807) is 21.3 Å². The summed E-state index contributed by atoms with van der Waals surface area (Å²) >= 11 is 0. The van der Waals surface area contributed by atoms with E-state index in [-0.39, 0.29) is 0 Å². The fourth-order valence-corrected chi connectivity index (χ4v) is 2.77. The molecule has 0 bridgehead atoms. The van der Waals surface area contributed by atoms with Gasteiger partial charge < -0.3 is 14.2 Å². The Morgan fingerprint density at radius 2 is 1.44 bits per heavy atom. The molecule has 5 heteroatoms. The van der Waals surface area contributed by atoms with Crippen LogP contribution in [-0.2, 0) is 0 Å². The molecule has 0 aliphatic rings. The van der Waals surface area contributed by atoms with E-state index in [9.17, 15) is 0 Å². The van der Waals surface area contributed by atoms with Crippen molar-refractivity contribution in [1.82, 2.24) is 9.97 Å². The zero-order chi connectivity index (χ0) is 18.0. The van der Waals surface area contributed by atoms with Crippen molar-refractivity contribution >= 4 is 10.9 Å². The second-order valence-corrected chi connectivity index (χ2v) is 6.06. The van der Waals surface area contributed by atoms with Gasteiger partial charge in [-0.05, 0) is 17.5 Å². The first-order valence-electron chi connectivity index (χ1n) is 8.15. The van der Waals surface area contributed by atoms with E-state index in [1.165, 1.54) is 5.56 Å². The third kappa shape index (κ3) is 3.22. The Kier molecular flexibility index (Phi) is 4.74. The first-order chi connectivity index (χ1) is 12.1. The number of hydrogen-bond acceptors (Lipinski definition) is 5. The predicted octanol–water partition coefficient (Wildman–Crippen LogP) is 4.45. The van der Waals surface area contributed by atoms with Crippen LogP contribution in [0.3, 0.4) is 0 Å². The minimum atomic E-state index is 0.322. The summed E-state index contributed by atoms with van der Waals surface area (Å²) in [5.41, 5.74) is 3.83. The number of nitrogens with zero attached hydrogens (tertiary/aromatic N) is 2. The molecule has 0 aliphatic heterocycles. The van der Waals surface area contributed by atoms with Gasteiger partial charge in [0.1, 0.15) is 0 Å².